The van der Waals surface area contributed by atoms with Crippen LogP contribution in [0.2, 0.25) is 0 Å². The molecule has 0 fully saturated rings. The van der Waals surface area contributed by atoms with E-state index in [2.05, 4.69) is 20.6 Å². The predicted octanol–water partition coefficient (Wildman–Crippen LogP) is 4.37. The average Bonchev–Trinajstić information content (AvgIpc) is 3.32. The van der Waals surface area contributed by atoms with Gasteiger partial charge in [0, 0.05) is 34.9 Å². The van der Waals surface area contributed by atoms with Crippen molar-refractivity contribution in [3.8, 4) is 0 Å². The first-order chi connectivity index (χ1) is 14.5. The summed E-state index contributed by atoms with van der Waals surface area (Å²) in [7, 11) is 0. The zero-order valence-electron chi connectivity index (χ0n) is 16.3. The number of anilines is 1. The van der Waals surface area contributed by atoms with Crippen LogP contribution in [-0.2, 0) is 6.54 Å². The smallest absolute Gasteiger partial charge is 0.126 e. The highest BCUT2D eigenvalue weighted by Crippen LogP contribution is 2.26. The molecule has 4 aromatic rings. The van der Waals surface area contributed by atoms with Gasteiger partial charge in [-0.1, -0.05) is 0 Å². The Morgan fingerprint density at radius 1 is 1.17 bits per heavy atom. The van der Waals surface area contributed by atoms with Gasteiger partial charge in [-0.05, 0) is 55.0 Å². The van der Waals surface area contributed by atoms with Crippen LogP contribution in [-0.4, -0.2) is 31.7 Å². The molecule has 8 heteroatoms. The number of aromatic nitrogens is 4. The number of nitrogens with one attached hydrogen (secondary N) is 2. The third-order valence-electron chi connectivity index (χ3n) is 4.78. The SMILES string of the molecule is CC(Nc1ccc2[nH]nc(/C=C/c3cnn(CCO)c3)c2c1)c1cc(F)cc(F)c1. The number of aliphatic hydroxyl groups excluding tert-OH is 1. The summed E-state index contributed by atoms with van der Waals surface area (Å²) in [5, 5.41) is 24.7. The van der Waals surface area contributed by atoms with Crippen molar-refractivity contribution in [2.75, 3.05) is 11.9 Å². The Bertz CT molecular complexity index is 1180. The van der Waals surface area contributed by atoms with Crippen molar-refractivity contribution in [3.05, 3.63) is 77.2 Å². The Labute approximate surface area is 171 Å². The summed E-state index contributed by atoms with van der Waals surface area (Å²) in [6.07, 6.45) is 7.34. The molecule has 0 saturated carbocycles. The lowest BCUT2D eigenvalue weighted by Gasteiger charge is -2.16. The molecule has 30 heavy (non-hydrogen) atoms. The van der Waals surface area contributed by atoms with E-state index in [0.29, 0.717) is 12.1 Å². The Balaban J connectivity index is 1.55. The third-order valence-corrected chi connectivity index (χ3v) is 4.78. The van der Waals surface area contributed by atoms with E-state index in [1.54, 1.807) is 10.9 Å². The number of hydrogen-bond donors (Lipinski definition) is 3. The topological polar surface area (TPSA) is 78.8 Å². The van der Waals surface area contributed by atoms with E-state index in [0.717, 1.165) is 33.9 Å². The molecule has 0 aliphatic heterocycles. The second-order valence-corrected chi connectivity index (χ2v) is 7.03. The van der Waals surface area contributed by atoms with Crippen molar-refractivity contribution in [3.63, 3.8) is 0 Å². The van der Waals surface area contributed by atoms with E-state index in [1.165, 1.54) is 12.1 Å². The van der Waals surface area contributed by atoms with Gasteiger partial charge in [-0.25, -0.2) is 8.78 Å². The minimum atomic E-state index is -0.598. The summed E-state index contributed by atoms with van der Waals surface area (Å²) in [6.45, 7) is 2.32. The van der Waals surface area contributed by atoms with Gasteiger partial charge in [0.05, 0.1) is 30.6 Å². The van der Waals surface area contributed by atoms with Crippen molar-refractivity contribution >= 4 is 28.7 Å². The van der Waals surface area contributed by atoms with Gasteiger partial charge < -0.3 is 10.4 Å². The fourth-order valence-electron chi connectivity index (χ4n) is 3.28. The molecule has 0 radical (unpaired) electrons. The quantitative estimate of drug-likeness (QED) is 0.423. The van der Waals surface area contributed by atoms with E-state index in [9.17, 15) is 8.78 Å². The first kappa shape index (κ1) is 19.8. The lowest BCUT2D eigenvalue weighted by molar-refractivity contribution is 0.269. The van der Waals surface area contributed by atoms with Gasteiger partial charge in [0.25, 0.3) is 0 Å². The molecule has 1 unspecified atom stereocenters. The molecule has 0 aliphatic rings. The minimum absolute atomic E-state index is 0.0330. The number of rotatable bonds is 7. The Morgan fingerprint density at radius 3 is 2.73 bits per heavy atom. The first-order valence-electron chi connectivity index (χ1n) is 9.54. The molecule has 1 atom stereocenters. The molecule has 0 aliphatic carbocycles. The number of hydrogen-bond acceptors (Lipinski definition) is 4. The van der Waals surface area contributed by atoms with E-state index >= 15 is 0 Å². The number of halogens is 2. The molecule has 154 valence electrons. The van der Waals surface area contributed by atoms with Crippen LogP contribution in [0.25, 0.3) is 23.1 Å². The van der Waals surface area contributed by atoms with Crippen LogP contribution in [0.5, 0.6) is 0 Å². The van der Waals surface area contributed by atoms with Crippen LogP contribution < -0.4 is 5.32 Å². The van der Waals surface area contributed by atoms with Gasteiger partial charge in [-0.2, -0.15) is 10.2 Å². The molecule has 0 bridgehead atoms. The molecular formula is C22H21F2N5O. The molecule has 0 spiro atoms. The fourth-order valence-corrected chi connectivity index (χ4v) is 3.28. The van der Waals surface area contributed by atoms with Gasteiger partial charge in [0.15, 0.2) is 0 Å². The third kappa shape index (κ3) is 4.38. The maximum absolute atomic E-state index is 13.5. The summed E-state index contributed by atoms with van der Waals surface area (Å²) in [4.78, 5) is 0. The number of aliphatic hydroxyl groups is 1. The van der Waals surface area contributed by atoms with Crippen molar-refractivity contribution in [1.29, 1.82) is 0 Å². The maximum atomic E-state index is 13.5. The Hall–Kier alpha value is -3.52. The molecule has 2 aromatic heterocycles. The number of H-pyrrole nitrogens is 1. The average molecular weight is 409 g/mol. The van der Waals surface area contributed by atoms with Gasteiger partial charge >= 0.3 is 0 Å². The van der Waals surface area contributed by atoms with Gasteiger partial charge in [-0.3, -0.25) is 9.78 Å². The zero-order valence-corrected chi connectivity index (χ0v) is 16.3. The van der Waals surface area contributed by atoms with Crippen LogP contribution in [0, 0.1) is 11.6 Å². The van der Waals surface area contributed by atoms with Crippen molar-refractivity contribution in [2.24, 2.45) is 0 Å². The molecule has 6 nitrogen and oxygen atoms in total. The fraction of sp³-hybridized carbons (Fsp3) is 0.182. The van der Waals surface area contributed by atoms with Gasteiger partial charge in [0.1, 0.15) is 11.6 Å². The van der Waals surface area contributed by atoms with Gasteiger partial charge in [0.2, 0.25) is 0 Å². The molecule has 2 aromatic carbocycles. The largest absolute Gasteiger partial charge is 0.394 e. The van der Waals surface area contributed by atoms with Crippen LogP contribution in [0.1, 0.15) is 29.8 Å². The second kappa shape index (κ2) is 8.46. The normalized spacial score (nSPS) is 12.7. The van der Waals surface area contributed by atoms with Crippen molar-refractivity contribution in [1.82, 2.24) is 20.0 Å². The number of fused-ring (bicyclic) bond motifs is 1. The highest BCUT2D eigenvalue weighted by Gasteiger charge is 2.10. The van der Waals surface area contributed by atoms with Gasteiger partial charge in [-0.15, -0.1) is 0 Å². The lowest BCUT2D eigenvalue weighted by Crippen LogP contribution is -2.07. The molecule has 3 N–H and O–H groups in total. The number of benzene rings is 2. The molecule has 4 rings (SSSR count). The Morgan fingerprint density at radius 2 is 1.97 bits per heavy atom. The number of nitrogens with zero attached hydrogens (tertiary/aromatic N) is 3. The van der Waals surface area contributed by atoms with E-state index < -0.39 is 11.6 Å². The monoisotopic (exact) mass is 409 g/mol. The Kier molecular flexibility index (Phi) is 5.58. The van der Waals surface area contributed by atoms with Crippen LogP contribution >= 0.6 is 0 Å². The molecule has 2 heterocycles. The van der Waals surface area contributed by atoms with E-state index in [-0.39, 0.29) is 12.6 Å². The van der Waals surface area contributed by atoms with Crippen molar-refractivity contribution in [2.45, 2.75) is 19.5 Å². The van der Waals surface area contributed by atoms with Crippen LogP contribution in [0.15, 0.2) is 48.8 Å². The summed E-state index contributed by atoms with van der Waals surface area (Å²) >= 11 is 0. The standard InChI is InChI=1S/C22H21F2N5O/c1-14(16-8-17(23)10-18(24)9-16)26-19-3-5-22-20(11-19)21(27-28-22)4-2-15-12-25-29(13-15)6-7-30/h2-5,8-14,26,30H,6-7H2,1H3,(H,27,28)/b4-2+. The molecule has 0 saturated heterocycles. The summed E-state index contributed by atoms with van der Waals surface area (Å²) in [6, 6.07) is 8.96. The lowest BCUT2D eigenvalue weighted by atomic mass is 10.1. The molecular weight excluding hydrogens is 388 g/mol. The number of aromatic amines is 1. The first-order valence-corrected chi connectivity index (χ1v) is 9.54. The second-order valence-electron chi connectivity index (χ2n) is 7.03. The summed E-state index contributed by atoms with van der Waals surface area (Å²) in [5.74, 6) is -1.20. The molecule has 0 amide bonds. The van der Waals surface area contributed by atoms with Crippen molar-refractivity contribution < 1.29 is 13.9 Å². The van der Waals surface area contributed by atoms with E-state index in [1.807, 2.05) is 43.5 Å². The maximum Gasteiger partial charge on any atom is 0.126 e. The highest BCUT2D eigenvalue weighted by molar-refractivity contribution is 5.91. The predicted molar refractivity (Wildman–Crippen MR) is 113 cm³/mol. The zero-order chi connectivity index (χ0) is 21.1. The summed E-state index contributed by atoms with van der Waals surface area (Å²) < 4.78 is 28.7. The highest BCUT2D eigenvalue weighted by atomic mass is 19.1. The van der Waals surface area contributed by atoms with Crippen LogP contribution in [0.4, 0.5) is 14.5 Å². The minimum Gasteiger partial charge on any atom is -0.394 e. The van der Waals surface area contributed by atoms with E-state index in [4.69, 9.17) is 5.11 Å². The summed E-state index contributed by atoms with van der Waals surface area (Å²) in [5.41, 5.74) is 3.87. The van der Waals surface area contributed by atoms with Crippen LogP contribution in [0.3, 0.4) is 0 Å².